The van der Waals surface area contributed by atoms with Gasteiger partial charge in [-0.25, -0.2) is 19.9 Å². The summed E-state index contributed by atoms with van der Waals surface area (Å²) in [7, 11) is 1.87. The van der Waals surface area contributed by atoms with Gasteiger partial charge in [-0.2, -0.15) is 5.10 Å². The number of H-pyrrole nitrogens is 1. The van der Waals surface area contributed by atoms with Crippen LogP contribution in [0.1, 0.15) is 0 Å². The zero-order valence-corrected chi connectivity index (χ0v) is 19.9. The molecule has 5 aromatic heterocycles. The molecule has 0 spiro atoms. The first kappa shape index (κ1) is 21.0. The van der Waals surface area contributed by atoms with E-state index in [2.05, 4.69) is 36.9 Å². The van der Waals surface area contributed by atoms with Crippen molar-refractivity contribution in [1.82, 2.24) is 39.1 Å². The lowest BCUT2D eigenvalue weighted by molar-refractivity contribution is 0.768. The van der Waals surface area contributed by atoms with Crippen LogP contribution in [0, 0.1) is 0 Å². The fraction of sp³-hybridized carbons (Fsp3) is 0.0357. The summed E-state index contributed by atoms with van der Waals surface area (Å²) in [6.07, 6.45) is 7.35. The van der Waals surface area contributed by atoms with Gasteiger partial charge in [-0.3, -0.25) is 9.08 Å². The maximum Gasteiger partial charge on any atom is 0.227 e. The van der Waals surface area contributed by atoms with E-state index in [1.54, 1.807) is 17.1 Å². The van der Waals surface area contributed by atoms with Crippen LogP contribution in [0.4, 0.5) is 11.6 Å². The molecule has 0 saturated heterocycles. The molecule has 0 radical (unpaired) electrons. The predicted octanol–water partition coefficient (Wildman–Crippen LogP) is 5.48. The molecule has 5 heterocycles. The van der Waals surface area contributed by atoms with Gasteiger partial charge in [-0.1, -0.05) is 42.5 Å². The van der Waals surface area contributed by atoms with Crippen molar-refractivity contribution in [1.29, 1.82) is 0 Å². The zero-order chi connectivity index (χ0) is 24.8. The molecule has 178 valence electrons. The standard InChI is InChI=1S/C28H21N9/c1-36-17-20(16-30-36)31-28-29-13-12-22(34-28)26-25(35-24-9-5-6-14-37(24)26)19-10-11-21-23(15-19)33-27(32-21)18-7-3-2-4-8-18/h2-17H,1H3,(H,32,33)(H,29,31,34). The number of aromatic amines is 1. The number of anilines is 2. The lowest BCUT2D eigenvalue weighted by Gasteiger charge is -2.07. The van der Waals surface area contributed by atoms with Crippen molar-refractivity contribution >= 4 is 28.3 Å². The Kier molecular flexibility index (Phi) is 4.78. The average Bonchev–Trinajstić information content (AvgIpc) is 3.65. The van der Waals surface area contributed by atoms with Crippen molar-refractivity contribution in [3.8, 4) is 34.0 Å². The number of rotatable bonds is 5. The summed E-state index contributed by atoms with van der Waals surface area (Å²) in [4.78, 5) is 22.5. The predicted molar refractivity (Wildman–Crippen MR) is 143 cm³/mol. The summed E-state index contributed by atoms with van der Waals surface area (Å²) >= 11 is 0. The molecular formula is C28H21N9. The zero-order valence-electron chi connectivity index (χ0n) is 19.9. The van der Waals surface area contributed by atoms with E-state index >= 15 is 0 Å². The fourth-order valence-corrected chi connectivity index (χ4v) is 4.49. The van der Waals surface area contributed by atoms with Gasteiger partial charge >= 0.3 is 0 Å². The number of aryl methyl sites for hydroxylation is 1. The summed E-state index contributed by atoms with van der Waals surface area (Å²) < 4.78 is 3.78. The summed E-state index contributed by atoms with van der Waals surface area (Å²) in [6.45, 7) is 0. The highest BCUT2D eigenvalue weighted by Gasteiger charge is 2.19. The Morgan fingerprint density at radius 1 is 0.865 bits per heavy atom. The van der Waals surface area contributed by atoms with Crippen molar-refractivity contribution in [2.24, 2.45) is 7.05 Å². The van der Waals surface area contributed by atoms with E-state index in [0.29, 0.717) is 5.95 Å². The van der Waals surface area contributed by atoms with Gasteiger partial charge in [0.1, 0.15) is 11.5 Å². The molecule has 0 aliphatic carbocycles. The third-order valence-electron chi connectivity index (χ3n) is 6.19. The minimum Gasteiger partial charge on any atom is -0.338 e. The average molecular weight is 484 g/mol. The van der Waals surface area contributed by atoms with Gasteiger partial charge in [0.25, 0.3) is 0 Å². The first-order chi connectivity index (χ1) is 18.2. The Labute approximate surface area is 211 Å². The van der Waals surface area contributed by atoms with Gasteiger partial charge in [-0.05, 0) is 30.3 Å². The van der Waals surface area contributed by atoms with Crippen LogP contribution in [0.25, 0.3) is 50.7 Å². The van der Waals surface area contributed by atoms with Crippen LogP contribution in [0.2, 0.25) is 0 Å². The van der Waals surface area contributed by atoms with Crippen LogP contribution in [0.5, 0.6) is 0 Å². The quantitative estimate of drug-likeness (QED) is 0.336. The highest BCUT2D eigenvalue weighted by Crippen LogP contribution is 2.34. The van der Waals surface area contributed by atoms with Gasteiger partial charge in [0, 0.05) is 36.8 Å². The summed E-state index contributed by atoms with van der Waals surface area (Å²) in [5, 5.41) is 7.43. The Morgan fingerprint density at radius 2 is 1.76 bits per heavy atom. The Bertz CT molecular complexity index is 1880. The topological polar surface area (TPSA) is 102 Å². The van der Waals surface area contributed by atoms with Gasteiger partial charge in [0.2, 0.25) is 5.95 Å². The van der Waals surface area contributed by atoms with Crippen LogP contribution in [-0.4, -0.2) is 39.1 Å². The highest BCUT2D eigenvalue weighted by molar-refractivity contribution is 5.88. The number of nitrogens with one attached hydrogen (secondary N) is 2. The Morgan fingerprint density at radius 3 is 2.62 bits per heavy atom. The number of imidazole rings is 2. The van der Waals surface area contributed by atoms with Crippen molar-refractivity contribution in [2.75, 3.05) is 5.32 Å². The SMILES string of the molecule is Cn1cc(Nc2nccc(-c3c(-c4ccc5[nH]c(-c6ccccc6)nc5c4)nc4ccccn34)n2)cn1. The minimum absolute atomic E-state index is 0.484. The normalized spacial score (nSPS) is 11.4. The van der Waals surface area contributed by atoms with Crippen molar-refractivity contribution in [2.45, 2.75) is 0 Å². The van der Waals surface area contributed by atoms with Crippen molar-refractivity contribution in [3.05, 3.63) is 97.6 Å². The van der Waals surface area contributed by atoms with E-state index in [1.165, 1.54) is 0 Å². The second-order valence-corrected chi connectivity index (χ2v) is 8.71. The van der Waals surface area contributed by atoms with Gasteiger partial charge in [0.05, 0.1) is 40.0 Å². The fourth-order valence-electron chi connectivity index (χ4n) is 4.49. The molecule has 0 unspecified atom stereocenters. The number of aromatic nitrogens is 8. The van der Waals surface area contributed by atoms with E-state index < -0.39 is 0 Å². The molecule has 0 saturated carbocycles. The molecular weight excluding hydrogens is 462 g/mol. The maximum atomic E-state index is 4.98. The number of hydrogen-bond donors (Lipinski definition) is 2. The first-order valence-electron chi connectivity index (χ1n) is 11.8. The van der Waals surface area contributed by atoms with Crippen molar-refractivity contribution < 1.29 is 0 Å². The molecule has 0 aliphatic rings. The molecule has 0 fully saturated rings. The molecule has 7 aromatic rings. The lowest BCUT2D eigenvalue weighted by atomic mass is 10.1. The second-order valence-electron chi connectivity index (χ2n) is 8.71. The maximum absolute atomic E-state index is 4.98. The summed E-state index contributed by atoms with van der Waals surface area (Å²) in [6, 6.07) is 24.2. The van der Waals surface area contributed by atoms with Crippen LogP contribution >= 0.6 is 0 Å². The molecule has 2 aromatic carbocycles. The smallest absolute Gasteiger partial charge is 0.227 e. The molecule has 37 heavy (non-hydrogen) atoms. The van der Waals surface area contributed by atoms with E-state index in [4.69, 9.17) is 15.0 Å². The molecule has 7 rings (SSSR count). The monoisotopic (exact) mass is 483 g/mol. The summed E-state index contributed by atoms with van der Waals surface area (Å²) in [5.41, 5.74) is 7.95. The lowest BCUT2D eigenvalue weighted by Crippen LogP contribution is -1.99. The minimum atomic E-state index is 0.484. The third kappa shape index (κ3) is 3.79. The number of hydrogen-bond acceptors (Lipinski definition) is 6. The van der Waals surface area contributed by atoms with Gasteiger partial charge in [0.15, 0.2) is 0 Å². The van der Waals surface area contributed by atoms with Gasteiger partial charge < -0.3 is 10.3 Å². The molecule has 9 heteroatoms. The Balaban J connectivity index is 1.35. The molecule has 0 atom stereocenters. The molecule has 9 nitrogen and oxygen atoms in total. The number of fused-ring (bicyclic) bond motifs is 2. The second kappa shape index (κ2) is 8.42. The number of pyridine rings is 1. The van der Waals surface area contributed by atoms with Crippen LogP contribution in [0.3, 0.4) is 0 Å². The number of benzene rings is 2. The van der Waals surface area contributed by atoms with E-state index in [0.717, 1.165) is 56.4 Å². The van der Waals surface area contributed by atoms with Crippen LogP contribution in [-0.2, 0) is 7.05 Å². The molecule has 0 aliphatic heterocycles. The van der Waals surface area contributed by atoms with Gasteiger partial charge in [-0.15, -0.1) is 0 Å². The van der Waals surface area contributed by atoms with E-state index in [1.807, 2.05) is 80.1 Å². The van der Waals surface area contributed by atoms with E-state index in [9.17, 15) is 0 Å². The van der Waals surface area contributed by atoms with Crippen molar-refractivity contribution in [3.63, 3.8) is 0 Å². The largest absolute Gasteiger partial charge is 0.338 e. The highest BCUT2D eigenvalue weighted by atomic mass is 15.3. The van der Waals surface area contributed by atoms with Crippen LogP contribution in [0.15, 0.2) is 97.6 Å². The molecule has 2 N–H and O–H groups in total. The van der Waals surface area contributed by atoms with Crippen LogP contribution < -0.4 is 5.32 Å². The molecule has 0 amide bonds. The summed E-state index contributed by atoms with van der Waals surface area (Å²) in [5.74, 6) is 1.32. The molecule has 0 bridgehead atoms. The Hall–Kier alpha value is -5.31. The van der Waals surface area contributed by atoms with E-state index in [-0.39, 0.29) is 0 Å². The first-order valence-corrected chi connectivity index (χ1v) is 11.8. The number of nitrogens with zero attached hydrogens (tertiary/aromatic N) is 7. The third-order valence-corrected chi connectivity index (χ3v) is 6.19.